The second-order valence-corrected chi connectivity index (χ2v) is 5.73. The van der Waals surface area contributed by atoms with Crippen LogP contribution in [0.5, 0.6) is 0 Å². The summed E-state index contributed by atoms with van der Waals surface area (Å²) in [5.41, 5.74) is 0. The molecule has 3 nitrogen and oxygen atoms in total. The lowest BCUT2D eigenvalue weighted by Crippen LogP contribution is -2.33. The Morgan fingerprint density at radius 3 is 2.76 bits per heavy atom. The Balaban J connectivity index is 2.07. The summed E-state index contributed by atoms with van der Waals surface area (Å²) in [4.78, 5) is 7.98. The average Bonchev–Trinajstić information content (AvgIpc) is 2.27. The summed E-state index contributed by atoms with van der Waals surface area (Å²) in [5.74, 6) is 2.09. The quantitative estimate of drug-likeness (QED) is 0.828. The Kier molecular flexibility index (Phi) is 4.10. The second kappa shape index (κ2) is 5.40. The van der Waals surface area contributed by atoms with Crippen molar-refractivity contribution in [1.29, 1.82) is 0 Å². The van der Waals surface area contributed by atoms with E-state index in [0.29, 0.717) is 22.8 Å². The number of halogens is 2. The molecule has 0 spiro atoms. The molecule has 94 valence electrons. The largest absolute Gasteiger partial charge is 0.366 e. The van der Waals surface area contributed by atoms with E-state index in [9.17, 15) is 0 Å². The zero-order valence-corrected chi connectivity index (χ0v) is 11.6. The van der Waals surface area contributed by atoms with Gasteiger partial charge in [0.25, 0.3) is 0 Å². The highest BCUT2D eigenvalue weighted by molar-refractivity contribution is 6.33. The number of hydrogen-bond donors (Lipinski definition) is 1. The molecule has 1 N–H and O–H groups in total. The van der Waals surface area contributed by atoms with Crippen LogP contribution in [0.25, 0.3) is 0 Å². The Hall–Kier alpha value is -0.540. The summed E-state index contributed by atoms with van der Waals surface area (Å²) in [6.45, 7) is 4.57. The third-order valence-corrected chi connectivity index (χ3v) is 3.93. The molecule has 1 aromatic heterocycles. The van der Waals surface area contributed by atoms with Gasteiger partial charge in [-0.15, -0.1) is 0 Å². The minimum absolute atomic E-state index is 0.230. The smallest absolute Gasteiger partial charge is 0.224 e. The third kappa shape index (κ3) is 3.23. The number of aromatic nitrogens is 2. The van der Waals surface area contributed by atoms with Crippen molar-refractivity contribution in [3.8, 4) is 0 Å². The van der Waals surface area contributed by atoms with Crippen LogP contribution in [-0.2, 0) is 0 Å². The van der Waals surface area contributed by atoms with E-state index in [1.807, 2.05) is 0 Å². The van der Waals surface area contributed by atoms with E-state index in [4.69, 9.17) is 23.2 Å². The van der Waals surface area contributed by atoms with Gasteiger partial charge in [-0.05, 0) is 42.7 Å². The number of nitrogens with one attached hydrogen (secondary N) is 1. The standard InChI is InChI=1S/C12H17Cl2N3/c1-7-3-4-10(8(2)5-7)16-11-9(13)6-15-12(14)17-11/h6-8,10H,3-5H2,1-2H3,(H,15,16,17). The van der Waals surface area contributed by atoms with Gasteiger partial charge in [0.1, 0.15) is 10.8 Å². The summed E-state index contributed by atoms with van der Waals surface area (Å²) in [6, 6.07) is 0.426. The molecule has 1 saturated carbocycles. The molecule has 1 aliphatic rings. The Morgan fingerprint density at radius 1 is 1.29 bits per heavy atom. The molecule has 1 aromatic rings. The first kappa shape index (κ1) is 12.9. The topological polar surface area (TPSA) is 37.8 Å². The summed E-state index contributed by atoms with van der Waals surface area (Å²) in [7, 11) is 0. The Labute approximate surface area is 112 Å². The van der Waals surface area contributed by atoms with Crippen LogP contribution in [0.3, 0.4) is 0 Å². The molecule has 0 aliphatic heterocycles. The van der Waals surface area contributed by atoms with Gasteiger partial charge in [-0.1, -0.05) is 25.4 Å². The van der Waals surface area contributed by atoms with Crippen LogP contribution >= 0.6 is 23.2 Å². The molecule has 0 amide bonds. The molecule has 1 heterocycles. The van der Waals surface area contributed by atoms with Gasteiger partial charge in [-0.3, -0.25) is 0 Å². The van der Waals surface area contributed by atoms with E-state index < -0.39 is 0 Å². The van der Waals surface area contributed by atoms with Crippen molar-refractivity contribution < 1.29 is 0 Å². The van der Waals surface area contributed by atoms with Crippen molar-refractivity contribution in [3.05, 3.63) is 16.5 Å². The Morgan fingerprint density at radius 2 is 2.06 bits per heavy atom. The summed E-state index contributed by atoms with van der Waals surface area (Å²) < 4.78 is 0. The van der Waals surface area contributed by atoms with Gasteiger partial charge in [-0.25, -0.2) is 4.98 Å². The van der Waals surface area contributed by atoms with Gasteiger partial charge >= 0.3 is 0 Å². The lowest BCUT2D eigenvalue weighted by atomic mass is 9.80. The fraction of sp³-hybridized carbons (Fsp3) is 0.667. The summed E-state index contributed by atoms with van der Waals surface area (Å²) >= 11 is 11.8. The number of nitrogens with zero attached hydrogens (tertiary/aromatic N) is 2. The van der Waals surface area contributed by atoms with Crippen LogP contribution in [0.2, 0.25) is 10.3 Å². The number of rotatable bonds is 2. The molecule has 5 heteroatoms. The predicted molar refractivity (Wildman–Crippen MR) is 71.6 cm³/mol. The maximum Gasteiger partial charge on any atom is 0.224 e. The minimum Gasteiger partial charge on any atom is -0.366 e. The van der Waals surface area contributed by atoms with Crippen molar-refractivity contribution in [2.24, 2.45) is 11.8 Å². The molecule has 1 fully saturated rings. The van der Waals surface area contributed by atoms with E-state index in [1.165, 1.54) is 19.0 Å². The first-order valence-corrected chi connectivity index (χ1v) is 6.76. The SMILES string of the molecule is CC1CCC(Nc2nc(Cl)ncc2Cl)C(C)C1. The van der Waals surface area contributed by atoms with Gasteiger partial charge in [0.2, 0.25) is 5.28 Å². The fourth-order valence-electron chi connectivity index (χ4n) is 2.50. The molecule has 0 bridgehead atoms. The monoisotopic (exact) mass is 273 g/mol. The maximum absolute atomic E-state index is 6.05. The van der Waals surface area contributed by atoms with Crippen LogP contribution in [-0.4, -0.2) is 16.0 Å². The number of anilines is 1. The van der Waals surface area contributed by atoms with E-state index in [-0.39, 0.29) is 5.28 Å². The van der Waals surface area contributed by atoms with Crippen LogP contribution in [0.4, 0.5) is 5.82 Å². The van der Waals surface area contributed by atoms with Crippen molar-refractivity contribution in [3.63, 3.8) is 0 Å². The van der Waals surface area contributed by atoms with E-state index in [1.54, 1.807) is 0 Å². The average molecular weight is 274 g/mol. The van der Waals surface area contributed by atoms with Gasteiger partial charge in [0.15, 0.2) is 0 Å². The highest BCUT2D eigenvalue weighted by Gasteiger charge is 2.26. The van der Waals surface area contributed by atoms with Gasteiger partial charge in [0, 0.05) is 6.04 Å². The molecule has 2 rings (SSSR count). The van der Waals surface area contributed by atoms with Crippen LogP contribution in [0, 0.1) is 11.8 Å². The highest BCUT2D eigenvalue weighted by atomic mass is 35.5. The van der Waals surface area contributed by atoms with Crippen LogP contribution < -0.4 is 5.32 Å². The highest BCUT2D eigenvalue weighted by Crippen LogP contribution is 2.31. The van der Waals surface area contributed by atoms with Crippen LogP contribution in [0.1, 0.15) is 33.1 Å². The zero-order valence-electron chi connectivity index (χ0n) is 10.1. The third-order valence-electron chi connectivity index (χ3n) is 3.47. The maximum atomic E-state index is 6.05. The van der Waals surface area contributed by atoms with E-state index in [0.717, 1.165) is 12.3 Å². The minimum atomic E-state index is 0.230. The van der Waals surface area contributed by atoms with Gasteiger partial charge < -0.3 is 5.32 Å². The molecular formula is C12H17Cl2N3. The second-order valence-electron chi connectivity index (χ2n) is 4.98. The summed E-state index contributed by atoms with van der Waals surface area (Å²) in [5, 5.41) is 4.15. The summed E-state index contributed by atoms with van der Waals surface area (Å²) in [6.07, 6.45) is 5.18. The van der Waals surface area contributed by atoms with E-state index in [2.05, 4.69) is 29.1 Å². The van der Waals surface area contributed by atoms with Gasteiger partial charge in [0.05, 0.1) is 6.20 Å². The van der Waals surface area contributed by atoms with Crippen LogP contribution in [0.15, 0.2) is 6.20 Å². The molecule has 0 aromatic carbocycles. The first-order chi connectivity index (χ1) is 8.06. The molecule has 0 radical (unpaired) electrons. The molecule has 1 aliphatic carbocycles. The van der Waals surface area contributed by atoms with Crippen molar-refractivity contribution >= 4 is 29.0 Å². The lowest BCUT2D eigenvalue weighted by molar-refractivity contribution is 0.276. The van der Waals surface area contributed by atoms with Gasteiger partial charge in [-0.2, -0.15) is 4.98 Å². The van der Waals surface area contributed by atoms with Crippen molar-refractivity contribution in [2.75, 3.05) is 5.32 Å². The molecular weight excluding hydrogens is 257 g/mol. The Bertz CT molecular complexity index is 397. The first-order valence-electron chi connectivity index (χ1n) is 6.01. The molecule has 3 atom stereocenters. The molecule has 0 saturated heterocycles. The van der Waals surface area contributed by atoms with E-state index >= 15 is 0 Å². The fourth-order valence-corrected chi connectivity index (χ4v) is 2.78. The van der Waals surface area contributed by atoms with Crippen molar-refractivity contribution in [2.45, 2.75) is 39.2 Å². The molecule has 3 unspecified atom stereocenters. The normalized spacial score (nSPS) is 29.1. The predicted octanol–water partition coefficient (Wildman–Crippen LogP) is 4.02. The van der Waals surface area contributed by atoms with Crippen molar-refractivity contribution in [1.82, 2.24) is 9.97 Å². The molecule has 17 heavy (non-hydrogen) atoms. The lowest BCUT2D eigenvalue weighted by Gasteiger charge is -2.33. The zero-order chi connectivity index (χ0) is 12.4. The number of hydrogen-bond acceptors (Lipinski definition) is 3.